The van der Waals surface area contributed by atoms with Crippen LogP contribution < -0.4 is 0 Å². The molecule has 3 rings (SSSR count). The SMILES string of the molecule is O=C(CCC(=O)c1ccccc1)OCc1ncc(-c2ccccc2)o1. The third-order valence-corrected chi connectivity index (χ3v) is 3.62. The van der Waals surface area contributed by atoms with Gasteiger partial charge in [-0.2, -0.15) is 0 Å². The monoisotopic (exact) mass is 335 g/mol. The van der Waals surface area contributed by atoms with Gasteiger partial charge in [0.05, 0.1) is 12.6 Å². The molecule has 0 saturated heterocycles. The molecule has 0 aliphatic rings. The first kappa shape index (κ1) is 16.6. The first-order valence-electron chi connectivity index (χ1n) is 7.96. The molecule has 0 fully saturated rings. The van der Waals surface area contributed by atoms with Crippen LogP contribution in [0.5, 0.6) is 0 Å². The molecule has 0 amide bonds. The fourth-order valence-corrected chi connectivity index (χ4v) is 2.31. The van der Waals surface area contributed by atoms with Gasteiger partial charge in [0, 0.05) is 17.5 Å². The normalized spacial score (nSPS) is 10.4. The van der Waals surface area contributed by atoms with Gasteiger partial charge in [-0.05, 0) is 0 Å². The Morgan fingerprint density at radius 2 is 1.60 bits per heavy atom. The van der Waals surface area contributed by atoms with Crippen molar-refractivity contribution in [3.8, 4) is 11.3 Å². The highest BCUT2D eigenvalue weighted by Gasteiger charge is 2.12. The highest BCUT2D eigenvalue weighted by Crippen LogP contribution is 2.20. The van der Waals surface area contributed by atoms with Gasteiger partial charge in [-0.15, -0.1) is 0 Å². The lowest BCUT2D eigenvalue weighted by atomic mass is 10.1. The van der Waals surface area contributed by atoms with Gasteiger partial charge in [0.2, 0.25) is 5.89 Å². The summed E-state index contributed by atoms with van der Waals surface area (Å²) in [6, 6.07) is 18.4. The Hall–Kier alpha value is -3.21. The number of nitrogens with zero attached hydrogens (tertiary/aromatic N) is 1. The number of benzene rings is 2. The van der Waals surface area contributed by atoms with E-state index in [0.717, 1.165) is 5.56 Å². The van der Waals surface area contributed by atoms with Crippen molar-refractivity contribution in [1.29, 1.82) is 0 Å². The zero-order valence-electron chi connectivity index (χ0n) is 13.6. The van der Waals surface area contributed by atoms with Crippen molar-refractivity contribution in [1.82, 2.24) is 4.98 Å². The number of aromatic nitrogens is 1. The van der Waals surface area contributed by atoms with E-state index in [1.165, 1.54) is 0 Å². The summed E-state index contributed by atoms with van der Waals surface area (Å²) < 4.78 is 10.7. The molecular weight excluding hydrogens is 318 g/mol. The number of oxazole rings is 1. The smallest absolute Gasteiger partial charge is 0.306 e. The summed E-state index contributed by atoms with van der Waals surface area (Å²) in [5.41, 5.74) is 1.50. The van der Waals surface area contributed by atoms with Gasteiger partial charge in [-0.1, -0.05) is 60.7 Å². The first-order valence-corrected chi connectivity index (χ1v) is 7.96. The van der Waals surface area contributed by atoms with Crippen molar-refractivity contribution in [3.63, 3.8) is 0 Å². The van der Waals surface area contributed by atoms with E-state index in [1.807, 2.05) is 36.4 Å². The molecule has 2 aromatic carbocycles. The number of rotatable bonds is 7. The lowest BCUT2D eigenvalue weighted by molar-refractivity contribution is -0.145. The second-order valence-electron chi connectivity index (χ2n) is 5.43. The van der Waals surface area contributed by atoms with E-state index in [9.17, 15) is 9.59 Å². The van der Waals surface area contributed by atoms with Crippen LogP contribution in [0.25, 0.3) is 11.3 Å². The predicted molar refractivity (Wildman–Crippen MR) is 91.7 cm³/mol. The Morgan fingerprint density at radius 3 is 2.32 bits per heavy atom. The Morgan fingerprint density at radius 1 is 0.920 bits per heavy atom. The summed E-state index contributed by atoms with van der Waals surface area (Å²) in [5.74, 6) is 0.399. The molecule has 0 saturated carbocycles. The second-order valence-corrected chi connectivity index (χ2v) is 5.43. The summed E-state index contributed by atoms with van der Waals surface area (Å²) >= 11 is 0. The molecule has 0 unspecified atom stereocenters. The molecule has 0 atom stereocenters. The minimum Gasteiger partial charge on any atom is -0.456 e. The fraction of sp³-hybridized carbons (Fsp3) is 0.150. The molecule has 5 nitrogen and oxygen atoms in total. The maximum absolute atomic E-state index is 11.9. The standard InChI is InChI=1S/C20H17NO4/c22-17(15-7-3-1-4-8-15)11-12-20(23)24-14-19-21-13-18(25-19)16-9-5-2-6-10-16/h1-10,13H,11-12,14H2. The van der Waals surface area contributed by atoms with Crippen LogP contribution in [0.1, 0.15) is 29.1 Å². The summed E-state index contributed by atoms with van der Waals surface area (Å²) in [7, 11) is 0. The van der Waals surface area contributed by atoms with Gasteiger partial charge >= 0.3 is 5.97 Å². The number of hydrogen-bond donors (Lipinski definition) is 0. The Kier molecular flexibility index (Phi) is 5.36. The van der Waals surface area contributed by atoms with E-state index in [0.29, 0.717) is 17.2 Å². The number of carbonyl (C=O) groups excluding carboxylic acids is 2. The van der Waals surface area contributed by atoms with Crippen LogP contribution in [0.4, 0.5) is 0 Å². The summed E-state index contributed by atoms with van der Waals surface area (Å²) in [6.45, 7) is -0.0504. The molecule has 1 aromatic heterocycles. The number of carbonyl (C=O) groups is 2. The van der Waals surface area contributed by atoms with Gasteiger partial charge < -0.3 is 9.15 Å². The lowest BCUT2D eigenvalue weighted by Gasteiger charge is -2.02. The summed E-state index contributed by atoms with van der Waals surface area (Å²) in [4.78, 5) is 27.8. The van der Waals surface area contributed by atoms with E-state index in [-0.39, 0.29) is 25.2 Å². The summed E-state index contributed by atoms with van der Waals surface area (Å²) in [6.07, 6.45) is 1.74. The zero-order chi connectivity index (χ0) is 17.5. The van der Waals surface area contributed by atoms with Gasteiger partial charge in [-0.3, -0.25) is 9.59 Å². The molecule has 0 N–H and O–H groups in total. The van der Waals surface area contributed by atoms with Crippen LogP contribution in [-0.4, -0.2) is 16.7 Å². The fourth-order valence-electron chi connectivity index (χ4n) is 2.31. The minimum atomic E-state index is -0.455. The van der Waals surface area contributed by atoms with E-state index in [2.05, 4.69) is 4.98 Å². The maximum Gasteiger partial charge on any atom is 0.306 e. The third kappa shape index (κ3) is 4.64. The highest BCUT2D eigenvalue weighted by molar-refractivity contribution is 5.97. The molecule has 126 valence electrons. The van der Waals surface area contributed by atoms with E-state index < -0.39 is 5.97 Å². The van der Waals surface area contributed by atoms with Crippen LogP contribution in [0.15, 0.2) is 71.3 Å². The Balaban J connectivity index is 1.47. The number of esters is 1. The Bertz CT molecular complexity index is 840. The lowest BCUT2D eigenvalue weighted by Crippen LogP contribution is -2.08. The maximum atomic E-state index is 11.9. The number of Topliss-reactive ketones (excluding diaryl/α,β-unsaturated/α-hetero) is 1. The Labute approximate surface area is 145 Å². The molecule has 0 aliphatic carbocycles. The average Bonchev–Trinajstić information content (AvgIpc) is 3.15. The quantitative estimate of drug-likeness (QED) is 0.481. The number of ether oxygens (including phenoxy) is 1. The van der Waals surface area contributed by atoms with Crippen LogP contribution >= 0.6 is 0 Å². The molecule has 0 aliphatic heterocycles. The number of hydrogen-bond acceptors (Lipinski definition) is 5. The third-order valence-electron chi connectivity index (χ3n) is 3.62. The van der Waals surface area contributed by atoms with Crippen LogP contribution in [0.2, 0.25) is 0 Å². The molecular formula is C20H17NO4. The number of ketones is 1. The van der Waals surface area contributed by atoms with Gasteiger partial charge in [-0.25, -0.2) is 4.98 Å². The van der Waals surface area contributed by atoms with Crippen molar-refractivity contribution in [2.75, 3.05) is 0 Å². The summed E-state index contributed by atoms with van der Waals surface area (Å²) in [5, 5.41) is 0. The molecule has 0 spiro atoms. The second kappa shape index (κ2) is 8.06. The van der Waals surface area contributed by atoms with Crippen molar-refractivity contribution >= 4 is 11.8 Å². The zero-order valence-corrected chi connectivity index (χ0v) is 13.6. The molecule has 1 heterocycles. The molecule has 5 heteroatoms. The van der Waals surface area contributed by atoms with E-state index in [1.54, 1.807) is 30.5 Å². The predicted octanol–water partition coefficient (Wildman–Crippen LogP) is 4.05. The first-order chi connectivity index (χ1) is 12.2. The van der Waals surface area contributed by atoms with Gasteiger partial charge in [0.15, 0.2) is 18.2 Å². The highest BCUT2D eigenvalue weighted by atomic mass is 16.5. The molecule has 3 aromatic rings. The van der Waals surface area contributed by atoms with Gasteiger partial charge in [0.25, 0.3) is 0 Å². The van der Waals surface area contributed by atoms with Crippen LogP contribution in [0, 0.1) is 0 Å². The largest absolute Gasteiger partial charge is 0.456 e. The van der Waals surface area contributed by atoms with Gasteiger partial charge in [0.1, 0.15) is 0 Å². The molecule has 0 radical (unpaired) electrons. The average molecular weight is 335 g/mol. The van der Waals surface area contributed by atoms with Crippen molar-refractivity contribution in [3.05, 3.63) is 78.3 Å². The van der Waals surface area contributed by atoms with Crippen LogP contribution in [-0.2, 0) is 16.1 Å². The topological polar surface area (TPSA) is 69.4 Å². The molecule has 0 bridgehead atoms. The van der Waals surface area contributed by atoms with Crippen molar-refractivity contribution in [2.45, 2.75) is 19.4 Å². The van der Waals surface area contributed by atoms with Crippen molar-refractivity contribution < 1.29 is 18.7 Å². The van der Waals surface area contributed by atoms with E-state index in [4.69, 9.17) is 9.15 Å². The van der Waals surface area contributed by atoms with Crippen LogP contribution in [0.3, 0.4) is 0 Å². The van der Waals surface area contributed by atoms with Crippen molar-refractivity contribution in [2.24, 2.45) is 0 Å². The molecule has 25 heavy (non-hydrogen) atoms. The van der Waals surface area contributed by atoms with E-state index >= 15 is 0 Å². The minimum absolute atomic E-state index is 0.0278.